The van der Waals surface area contributed by atoms with Gasteiger partial charge in [0.2, 0.25) is 5.91 Å². The Bertz CT molecular complexity index is 1030. The Balaban J connectivity index is 1.51. The Hall–Kier alpha value is -3.67. The molecule has 3 aromatic rings. The van der Waals surface area contributed by atoms with Crippen LogP contribution in [0.25, 0.3) is 0 Å². The summed E-state index contributed by atoms with van der Waals surface area (Å²) in [5.74, 6) is -0.272. The maximum absolute atomic E-state index is 13.1. The van der Waals surface area contributed by atoms with Gasteiger partial charge in [-0.1, -0.05) is 36.4 Å². The maximum atomic E-state index is 13.1. The van der Waals surface area contributed by atoms with Crippen LogP contribution >= 0.6 is 0 Å². The van der Waals surface area contributed by atoms with E-state index in [0.717, 1.165) is 42.7 Å². The minimum atomic E-state index is -0.162. The molecule has 0 bridgehead atoms. The molecule has 0 spiro atoms. The summed E-state index contributed by atoms with van der Waals surface area (Å²) in [6.07, 6.45) is 5.97. The highest BCUT2D eigenvalue weighted by Gasteiger charge is 2.20. The summed E-state index contributed by atoms with van der Waals surface area (Å²) in [7, 11) is 0. The number of nitrogens with one attached hydrogen (secondary N) is 2. The average molecular weight is 415 g/mol. The van der Waals surface area contributed by atoms with Crippen molar-refractivity contribution in [3.8, 4) is 0 Å². The lowest BCUT2D eigenvalue weighted by molar-refractivity contribution is -0.115. The first kappa shape index (κ1) is 20.6. The van der Waals surface area contributed by atoms with Gasteiger partial charge < -0.3 is 15.5 Å². The summed E-state index contributed by atoms with van der Waals surface area (Å²) in [5, 5.41) is 5.91. The number of aromatic nitrogens is 1. The molecule has 2 N–H and O–H groups in total. The molecule has 0 radical (unpaired) electrons. The van der Waals surface area contributed by atoms with E-state index in [-0.39, 0.29) is 18.2 Å². The van der Waals surface area contributed by atoms with Crippen molar-refractivity contribution in [3.05, 3.63) is 89.7 Å². The number of carbonyl (C=O) groups is 2. The molecule has 31 heavy (non-hydrogen) atoms. The predicted octanol–water partition coefficient (Wildman–Crippen LogP) is 3.79. The van der Waals surface area contributed by atoms with Crippen molar-refractivity contribution in [2.75, 3.05) is 23.3 Å². The Kier molecular flexibility index (Phi) is 6.57. The molecular weight excluding hydrogens is 388 g/mol. The van der Waals surface area contributed by atoms with Gasteiger partial charge in [-0.05, 0) is 48.2 Å². The third-order valence-corrected chi connectivity index (χ3v) is 5.36. The lowest BCUT2D eigenvalue weighted by Gasteiger charge is -2.22. The van der Waals surface area contributed by atoms with Gasteiger partial charge in [0, 0.05) is 43.4 Å². The highest BCUT2D eigenvalue weighted by Crippen LogP contribution is 2.28. The molecule has 0 unspecified atom stereocenters. The molecule has 1 fully saturated rings. The SMILES string of the molecule is O=C(Cc1ccccc1)Nc1ccc(N2CCCC2)c(C(=O)NCc2cccnc2)c1. The zero-order valence-electron chi connectivity index (χ0n) is 17.4. The number of nitrogens with zero attached hydrogens (tertiary/aromatic N) is 2. The zero-order chi connectivity index (χ0) is 21.5. The van der Waals surface area contributed by atoms with Gasteiger partial charge in [-0.2, -0.15) is 0 Å². The van der Waals surface area contributed by atoms with E-state index in [2.05, 4.69) is 20.5 Å². The summed E-state index contributed by atoms with van der Waals surface area (Å²) in [6, 6.07) is 19.0. The topological polar surface area (TPSA) is 74.3 Å². The number of hydrogen-bond acceptors (Lipinski definition) is 4. The third-order valence-electron chi connectivity index (χ3n) is 5.36. The molecule has 6 heteroatoms. The second kappa shape index (κ2) is 9.89. The van der Waals surface area contributed by atoms with Crippen molar-refractivity contribution >= 4 is 23.2 Å². The van der Waals surface area contributed by atoms with Gasteiger partial charge >= 0.3 is 0 Å². The van der Waals surface area contributed by atoms with Gasteiger partial charge in [0.15, 0.2) is 0 Å². The second-order valence-corrected chi connectivity index (χ2v) is 7.68. The minimum absolute atomic E-state index is 0.109. The van der Waals surface area contributed by atoms with Gasteiger partial charge in [-0.3, -0.25) is 14.6 Å². The fraction of sp³-hybridized carbons (Fsp3) is 0.240. The van der Waals surface area contributed by atoms with Gasteiger partial charge in [-0.15, -0.1) is 0 Å². The Morgan fingerprint density at radius 2 is 1.71 bits per heavy atom. The molecular formula is C25H26N4O2. The van der Waals surface area contributed by atoms with Crippen molar-refractivity contribution in [1.29, 1.82) is 0 Å². The van der Waals surface area contributed by atoms with Crippen molar-refractivity contribution < 1.29 is 9.59 Å². The van der Waals surface area contributed by atoms with Crippen LogP contribution in [0.15, 0.2) is 73.1 Å². The van der Waals surface area contributed by atoms with Gasteiger partial charge in [0.1, 0.15) is 0 Å². The fourth-order valence-electron chi connectivity index (χ4n) is 3.80. The Labute approximate surface area is 182 Å². The molecule has 1 aliphatic rings. The highest BCUT2D eigenvalue weighted by atomic mass is 16.2. The molecule has 6 nitrogen and oxygen atoms in total. The largest absolute Gasteiger partial charge is 0.371 e. The van der Waals surface area contributed by atoms with Crippen molar-refractivity contribution in [2.24, 2.45) is 0 Å². The monoisotopic (exact) mass is 414 g/mol. The number of benzene rings is 2. The van der Waals surface area contributed by atoms with Crippen LogP contribution in [-0.2, 0) is 17.8 Å². The number of anilines is 2. The van der Waals surface area contributed by atoms with Crippen LogP contribution in [-0.4, -0.2) is 29.9 Å². The van der Waals surface area contributed by atoms with E-state index < -0.39 is 0 Å². The number of hydrogen-bond donors (Lipinski definition) is 2. The molecule has 4 rings (SSSR count). The Morgan fingerprint density at radius 1 is 0.935 bits per heavy atom. The normalized spacial score (nSPS) is 13.1. The number of amides is 2. The van der Waals surface area contributed by atoms with Crippen LogP contribution in [0.3, 0.4) is 0 Å². The van der Waals surface area contributed by atoms with Crippen LogP contribution in [0.1, 0.15) is 34.3 Å². The summed E-state index contributed by atoms with van der Waals surface area (Å²) in [4.78, 5) is 31.9. The number of carbonyl (C=O) groups excluding carboxylic acids is 2. The Morgan fingerprint density at radius 3 is 2.45 bits per heavy atom. The second-order valence-electron chi connectivity index (χ2n) is 7.68. The third kappa shape index (κ3) is 5.48. The standard InChI is InChI=1S/C25H26N4O2/c30-24(15-19-7-2-1-3-8-19)28-21-10-11-23(29-13-4-5-14-29)22(16-21)25(31)27-18-20-9-6-12-26-17-20/h1-3,6-12,16-17H,4-5,13-15,18H2,(H,27,31)(H,28,30). The van der Waals surface area contributed by atoms with E-state index in [1.807, 2.05) is 54.6 Å². The fourth-order valence-corrected chi connectivity index (χ4v) is 3.80. The van der Waals surface area contributed by atoms with E-state index in [9.17, 15) is 9.59 Å². The highest BCUT2D eigenvalue weighted by molar-refractivity contribution is 6.02. The molecule has 1 aliphatic heterocycles. The van der Waals surface area contributed by atoms with Crippen LogP contribution in [0, 0.1) is 0 Å². The van der Waals surface area contributed by atoms with Crippen molar-refractivity contribution in [1.82, 2.24) is 10.3 Å². The molecule has 0 atom stereocenters. The summed E-state index contributed by atoms with van der Waals surface area (Å²) >= 11 is 0. The van der Waals surface area contributed by atoms with Crippen LogP contribution in [0.2, 0.25) is 0 Å². The number of pyridine rings is 1. The van der Waals surface area contributed by atoms with Gasteiger partial charge in [-0.25, -0.2) is 0 Å². The van der Waals surface area contributed by atoms with E-state index in [1.165, 1.54) is 0 Å². The van der Waals surface area contributed by atoms with E-state index >= 15 is 0 Å². The molecule has 1 saturated heterocycles. The average Bonchev–Trinajstić information content (AvgIpc) is 3.33. The maximum Gasteiger partial charge on any atom is 0.253 e. The number of rotatable bonds is 7. The first-order valence-corrected chi connectivity index (χ1v) is 10.6. The molecule has 2 aromatic carbocycles. The summed E-state index contributed by atoms with van der Waals surface area (Å²) in [5.41, 5.74) is 3.98. The van der Waals surface area contributed by atoms with Crippen LogP contribution < -0.4 is 15.5 Å². The molecule has 0 saturated carbocycles. The quantitative estimate of drug-likeness (QED) is 0.617. The summed E-state index contributed by atoms with van der Waals surface area (Å²) < 4.78 is 0. The van der Waals surface area contributed by atoms with Crippen LogP contribution in [0.5, 0.6) is 0 Å². The van der Waals surface area contributed by atoms with Crippen LogP contribution in [0.4, 0.5) is 11.4 Å². The molecule has 2 heterocycles. The smallest absolute Gasteiger partial charge is 0.253 e. The molecule has 2 amide bonds. The van der Waals surface area contributed by atoms with E-state index in [1.54, 1.807) is 18.5 Å². The lowest BCUT2D eigenvalue weighted by atomic mass is 10.1. The minimum Gasteiger partial charge on any atom is -0.371 e. The van der Waals surface area contributed by atoms with E-state index in [0.29, 0.717) is 17.8 Å². The summed E-state index contributed by atoms with van der Waals surface area (Å²) in [6.45, 7) is 2.27. The lowest BCUT2D eigenvalue weighted by Crippen LogP contribution is -2.27. The van der Waals surface area contributed by atoms with Crippen molar-refractivity contribution in [2.45, 2.75) is 25.8 Å². The first-order chi connectivity index (χ1) is 15.2. The molecule has 0 aliphatic carbocycles. The van der Waals surface area contributed by atoms with Gasteiger partial charge in [0.05, 0.1) is 12.0 Å². The van der Waals surface area contributed by atoms with Gasteiger partial charge in [0.25, 0.3) is 5.91 Å². The predicted molar refractivity (Wildman–Crippen MR) is 122 cm³/mol. The molecule has 1 aromatic heterocycles. The van der Waals surface area contributed by atoms with E-state index in [4.69, 9.17) is 0 Å². The van der Waals surface area contributed by atoms with Crippen molar-refractivity contribution in [3.63, 3.8) is 0 Å². The first-order valence-electron chi connectivity index (χ1n) is 10.6. The molecule has 158 valence electrons. The zero-order valence-corrected chi connectivity index (χ0v) is 17.4.